The van der Waals surface area contributed by atoms with Gasteiger partial charge in [-0.05, 0) is 32.1 Å². The third-order valence-corrected chi connectivity index (χ3v) is 7.44. The van der Waals surface area contributed by atoms with Gasteiger partial charge in [0.1, 0.15) is 0 Å². The highest BCUT2D eigenvalue weighted by Gasteiger charge is 2.24. The average molecular weight is 484 g/mol. The zero-order chi connectivity index (χ0) is 25.6. The van der Waals surface area contributed by atoms with Crippen molar-refractivity contribution in [3.05, 3.63) is 0 Å². The molecule has 0 unspecified atom stereocenters. The van der Waals surface area contributed by atoms with Gasteiger partial charge in [-0.2, -0.15) is 0 Å². The Morgan fingerprint density at radius 2 is 0.618 bits per heavy atom. The van der Waals surface area contributed by atoms with Gasteiger partial charge in [0.25, 0.3) is 0 Å². The Kier molecular flexibility index (Phi) is 31.9. The summed E-state index contributed by atoms with van der Waals surface area (Å²) in [6.07, 6.45) is 31.9. The van der Waals surface area contributed by atoms with Gasteiger partial charge >= 0.3 is 0 Å². The van der Waals surface area contributed by atoms with Crippen LogP contribution in [0, 0.1) is 0 Å². The molecule has 206 valence electrons. The van der Waals surface area contributed by atoms with E-state index in [1.807, 2.05) is 0 Å². The van der Waals surface area contributed by atoms with Crippen molar-refractivity contribution in [2.24, 2.45) is 0 Å². The highest BCUT2D eigenvalue weighted by atomic mass is 16.3. The molecule has 0 heterocycles. The fraction of sp³-hybridized carbons (Fsp3) is 0.968. The van der Waals surface area contributed by atoms with E-state index >= 15 is 0 Å². The van der Waals surface area contributed by atoms with Crippen LogP contribution in [0.2, 0.25) is 0 Å². The van der Waals surface area contributed by atoms with Gasteiger partial charge < -0.3 is 14.4 Å². The largest absolute Gasteiger partial charge is 0.554 e. The van der Waals surface area contributed by atoms with Crippen LogP contribution in [0.15, 0.2) is 0 Å². The number of hydrogen-bond donors (Lipinski definition) is 0. The molecule has 0 saturated heterocycles. The molecule has 3 nitrogen and oxygen atoms in total. The Bertz CT molecular complexity index is 351. The Hall–Kier alpha value is -0.570. The van der Waals surface area contributed by atoms with E-state index in [1.165, 1.54) is 172 Å². The van der Waals surface area contributed by atoms with E-state index < -0.39 is 6.47 Å². The van der Waals surface area contributed by atoms with Gasteiger partial charge in [-0.15, -0.1) is 0 Å². The molecular formula is C31H65NO2. The SMILES string of the molecule is CCCCCCCCCCCCCCCCCC[N+](CCCC)(CCCC)CCCC.O=C[O-]. The first kappa shape index (κ1) is 35.6. The van der Waals surface area contributed by atoms with E-state index in [4.69, 9.17) is 9.90 Å². The van der Waals surface area contributed by atoms with Crippen molar-refractivity contribution in [1.82, 2.24) is 0 Å². The Morgan fingerprint density at radius 1 is 0.412 bits per heavy atom. The number of quaternary nitrogens is 1. The van der Waals surface area contributed by atoms with E-state index in [1.54, 1.807) is 0 Å². The van der Waals surface area contributed by atoms with Crippen LogP contribution in [0.3, 0.4) is 0 Å². The van der Waals surface area contributed by atoms with Gasteiger partial charge in [0.2, 0.25) is 0 Å². The van der Waals surface area contributed by atoms with Crippen LogP contribution in [0.4, 0.5) is 0 Å². The lowest BCUT2D eigenvalue weighted by atomic mass is 10.0. The average Bonchev–Trinajstić information content (AvgIpc) is 2.85. The Balaban J connectivity index is 0. The topological polar surface area (TPSA) is 40.1 Å². The molecule has 0 aromatic rings. The lowest BCUT2D eigenvalue weighted by Crippen LogP contribution is -2.50. The van der Waals surface area contributed by atoms with Gasteiger partial charge in [-0.1, -0.05) is 137 Å². The van der Waals surface area contributed by atoms with E-state index in [2.05, 4.69) is 27.7 Å². The number of carbonyl (C=O) groups excluding carboxylic acids is 1. The first-order valence-corrected chi connectivity index (χ1v) is 15.6. The highest BCUT2D eigenvalue weighted by Crippen LogP contribution is 2.18. The second kappa shape index (κ2) is 30.5. The molecule has 0 spiro atoms. The molecule has 34 heavy (non-hydrogen) atoms. The molecule has 0 fully saturated rings. The normalized spacial score (nSPS) is 11.3. The maximum atomic E-state index is 8.25. The zero-order valence-corrected chi connectivity index (χ0v) is 24.2. The summed E-state index contributed by atoms with van der Waals surface area (Å²) in [5, 5.41) is 8.25. The summed E-state index contributed by atoms with van der Waals surface area (Å²) in [4.78, 5) is 8.25. The highest BCUT2D eigenvalue weighted by molar-refractivity contribution is 5.29. The molecule has 0 saturated carbocycles. The first-order chi connectivity index (χ1) is 16.7. The molecule has 0 radical (unpaired) electrons. The predicted molar refractivity (Wildman–Crippen MR) is 150 cm³/mol. The van der Waals surface area contributed by atoms with Crippen LogP contribution >= 0.6 is 0 Å². The predicted octanol–water partition coefficient (Wildman–Crippen LogP) is 8.83. The van der Waals surface area contributed by atoms with Gasteiger partial charge in [-0.25, -0.2) is 0 Å². The molecule has 0 aliphatic heterocycles. The van der Waals surface area contributed by atoms with E-state index in [-0.39, 0.29) is 0 Å². The number of rotatable bonds is 26. The molecule has 0 N–H and O–H groups in total. The van der Waals surface area contributed by atoms with E-state index in [9.17, 15) is 0 Å². The summed E-state index contributed by atoms with van der Waals surface area (Å²) >= 11 is 0. The first-order valence-electron chi connectivity index (χ1n) is 15.6. The van der Waals surface area contributed by atoms with Crippen molar-refractivity contribution in [2.45, 2.75) is 169 Å². The Morgan fingerprint density at radius 3 is 0.882 bits per heavy atom. The van der Waals surface area contributed by atoms with Gasteiger partial charge in [-0.3, -0.25) is 0 Å². The zero-order valence-electron chi connectivity index (χ0n) is 24.2. The van der Waals surface area contributed by atoms with Gasteiger partial charge in [0.15, 0.2) is 0 Å². The van der Waals surface area contributed by atoms with Crippen molar-refractivity contribution in [1.29, 1.82) is 0 Å². The van der Waals surface area contributed by atoms with Crippen LogP contribution < -0.4 is 5.11 Å². The van der Waals surface area contributed by atoms with Crippen LogP contribution in [-0.4, -0.2) is 37.1 Å². The second-order valence-electron chi connectivity index (χ2n) is 10.7. The number of hydrogen-bond acceptors (Lipinski definition) is 2. The maximum absolute atomic E-state index is 8.25. The number of nitrogens with zero attached hydrogens (tertiary/aromatic N) is 1. The van der Waals surface area contributed by atoms with Gasteiger partial charge in [0.05, 0.1) is 26.2 Å². The number of carboxylic acid groups (broad SMARTS) is 1. The van der Waals surface area contributed by atoms with Crippen molar-refractivity contribution >= 4 is 6.47 Å². The van der Waals surface area contributed by atoms with Crippen molar-refractivity contribution in [3.63, 3.8) is 0 Å². The summed E-state index contributed by atoms with van der Waals surface area (Å²) in [5.41, 5.74) is 0. The summed E-state index contributed by atoms with van der Waals surface area (Å²) < 4.78 is 1.44. The summed E-state index contributed by atoms with van der Waals surface area (Å²) in [5.74, 6) is 0. The van der Waals surface area contributed by atoms with Crippen LogP contribution in [0.5, 0.6) is 0 Å². The third kappa shape index (κ3) is 26.0. The molecule has 0 aromatic carbocycles. The molecule has 0 rings (SSSR count). The maximum Gasteiger partial charge on any atom is 0.0786 e. The van der Waals surface area contributed by atoms with Crippen molar-refractivity contribution in [2.75, 3.05) is 26.2 Å². The molecule has 0 aliphatic rings. The number of unbranched alkanes of at least 4 members (excludes halogenated alkanes) is 18. The molecule has 0 aliphatic carbocycles. The fourth-order valence-corrected chi connectivity index (χ4v) is 5.15. The minimum atomic E-state index is -0.500. The summed E-state index contributed by atoms with van der Waals surface area (Å²) in [6, 6.07) is 0. The quantitative estimate of drug-likeness (QED) is 0.0700. The minimum Gasteiger partial charge on any atom is -0.554 e. The molecule has 3 heteroatoms. The lowest BCUT2D eigenvalue weighted by molar-refractivity contribution is -0.929. The summed E-state index contributed by atoms with van der Waals surface area (Å²) in [6.45, 7) is 14.7. The lowest BCUT2D eigenvalue weighted by Gasteiger charge is -2.39. The molecule has 0 bridgehead atoms. The van der Waals surface area contributed by atoms with Crippen molar-refractivity contribution in [3.8, 4) is 0 Å². The minimum absolute atomic E-state index is 0.500. The molecule has 0 atom stereocenters. The summed E-state index contributed by atoms with van der Waals surface area (Å²) in [7, 11) is 0. The third-order valence-electron chi connectivity index (χ3n) is 7.44. The molecular weight excluding hydrogens is 418 g/mol. The fourth-order valence-electron chi connectivity index (χ4n) is 5.15. The van der Waals surface area contributed by atoms with Crippen LogP contribution in [-0.2, 0) is 4.79 Å². The molecule has 0 aromatic heterocycles. The monoisotopic (exact) mass is 484 g/mol. The van der Waals surface area contributed by atoms with Crippen LogP contribution in [0.25, 0.3) is 0 Å². The van der Waals surface area contributed by atoms with Gasteiger partial charge in [0, 0.05) is 6.47 Å². The van der Waals surface area contributed by atoms with E-state index in [0.717, 1.165) is 0 Å². The smallest absolute Gasteiger partial charge is 0.0786 e. The number of carbonyl (C=O) groups is 1. The second-order valence-corrected chi connectivity index (χ2v) is 10.7. The van der Waals surface area contributed by atoms with E-state index in [0.29, 0.717) is 0 Å². The van der Waals surface area contributed by atoms with Crippen LogP contribution in [0.1, 0.15) is 169 Å². The standard InChI is InChI=1S/C30H64N.CH2O2/c1-5-9-13-14-15-16-17-18-19-20-21-22-23-24-25-26-30-31(27-10-6-2,28-11-7-3)29-12-8-4;2-1-3/h5-30H2,1-4H3;1H,(H,2,3)/q+1;/p-1. The van der Waals surface area contributed by atoms with Crippen molar-refractivity contribution < 1.29 is 14.4 Å². The molecule has 0 amide bonds. The Labute approximate surface area is 216 Å².